The van der Waals surface area contributed by atoms with Crippen LogP contribution in [0.25, 0.3) is 6.08 Å². The number of hydrogen-bond acceptors (Lipinski definition) is 3. The second-order valence-electron chi connectivity index (χ2n) is 5.21. The molecule has 0 bridgehead atoms. The van der Waals surface area contributed by atoms with Gasteiger partial charge in [-0.05, 0) is 54.8 Å². The molecule has 0 unspecified atom stereocenters. The maximum atomic E-state index is 12.5. The summed E-state index contributed by atoms with van der Waals surface area (Å²) in [4.78, 5) is 0.693. The second kappa shape index (κ2) is 5.04. The van der Waals surface area contributed by atoms with E-state index in [4.69, 9.17) is 4.74 Å². The molecule has 21 heavy (non-hydrogen) atoms. The van der Waals surface area contributed by atoms with Gasteiger partial charge in [0.15, 0.2) is 0 Å². The van der Waals surface area contributed by atoms with Crippen LogP contribution in [0, 0.1) is 13.8 Å². The van der Waals surface area contributed by atoms with E-state index in [1.54, 1.807) is 18.2 Å². The van der Waals surface area contributed by atoms with E-state index in [0.29, 0.717) is 15.6 Å². The SMILES string of the molecule is Cc1cccc(OCC2=Cc3c(C)cccc3S2(=O)=O)c1. The van der Waals surface area contributed by atoms with E-state index in [2.05, 4.69) is 0 Å². The monoisotopic (exact) mass is 300 g/mol. The van der Waals surface area contributed by atoms with Gasteiger partial charge in [0.2, 0.25) is 9.84 Å². The van der Waals surface area contributed by atoms with Gasteiger partial charge in [-0.15, -0.1) is 0 Å². The lowest BCUT2D eigenvalue weighted by Crippen LogP contribution is -2.09. The van der Waals surface area contributed by atoms with Gasteiger partial charge in [-0.2, -0.15) is 0 Å². The number of ether oxygens (including phenoxy) is 1. The first-order chi connectivity index (χ1) is 9.98. The summed E-state index contributed by atoms with van der Waals surface area (Å²) in [7, 11) is -3.41. The fourth-order valence-electron chi connectivity index (χ4n) is 2.43. The van der Waals surface area contributed by atoms with Crippen LogP contribution in [-0.2, 0) is 9.84 Å². The molecule has 1 heterocycles. The molecule has 0 aromatic heterocycles. The van der Waals surface area contributed by atoms with Crippen molar-refractivity contribution in [2.24, 2.45) is 0 Å². The summed E-state index contributed by atoms with van der Waals surface area (Å²) in [5.41, 5.74) is 2.82. The highest BCUT2D eigenvalue weighted by Crippen LogP contribution is 2.34. The molecular weight excluding hydrogens is 284 g/mol. The van der Waals surface area contributed by atoms with Gasteiger partial charge in [0.25, 0.3) is 0 Å². The van der Waals surface area contributed by atoms with Crippen LogP contribution >= 0.6 is 0 Å². The highest BCUT2D eigenvalue weighted by Gasteiger charge is 2.30. The lowest BCUT2D eigenvalue weighted by molar-refractivity contribution is 0.359. The normalized spacial score (nSPS) is 15.4. The predicted molar refractivity (Wildman–Crippen MR) is 83.0 cm³/mol. The molecule has 0 saturated heterocycles. The third-order valence-electron chi connectivity index (χ3n) is 3.59. The Labute approximate surface area is 124 Å². The zero-order valence-corrected chi connectivity index (χ0v) is 12.8. The van der Waals surface area contributed by atoms with Crippen LogP contribution in [0.15, 0.2) is 52.3 Å². The number of aryl methyl sites for hydroxylation is 2. The summed E-state index contributed by atoms with van der Waals surface area (Å²) in [5.74, 6) is 0.679. The van der Waals surface area contributed by atoms with Crippen LogP contribution in [0.5, 0.6) is 5.75 Å². The lowest BCUT2D eigenvalue weighted by atomic mass is 10.1. The quantitative estimate of drug-likeness (QED) is 0.871. The molecule has 2 aromatic rings. The number of rotatable bonds is 3. The molecule has 108 valence electrons. The molecule has 0 aliphatic carbocycles. The van der Waals surface area contributed by atoms with E-state index in [0.717, 1.165) is 16.7 Å². The molecule has 1 aliphatic heterocycles. The van der Waals surface area contributed by atoms with E-state index in [1.165, 1.54) is 0 Å². The van der Waals surface area contributed by atoms with Crippen molar-refractivity contribution >= 4 is 15.9 Å². The van der Waals surface area contributed by atoms with Gasteiger partial charge in [0.05, 0.1) is 9.80 Å². The fourth-order valence-corrected chi connectivity index (χ4v) is 3.97. The van der Waals surface area contributed by atoms with E-state index in [9.17, 15) is 8.42 Å². The maximum absolute atomic E-state index is 12.5. The Morgan fingerprint density at radius 3 is 2.52 bits per heavy atom. The molecule has 0 fully saturated rings. The Bertz CT molecular complexity index is 833. The first-order valence-electron chi connectivity index (χ1n) is 6.73. The molecule has 1 aliphatic rings. The van der Waals surface area contributed by atoms with Crippen molar-refractivity contribution in [1.82, 2.24) is 0 Å². The smallest absolute Gasteiger partial charge is 0.206 e. The number of benzene rings is 2. The summed E-state index contributed by atoms with van der Waals surface area (Å²) in [6.45, 7) is 3.94. The van der Waals surface area contributed by atoms with Crippen molar-refractivity contribution in [3.05, 3.63) is 64.1 Å². The largest absolute Gasteiger partial charge is 0.488 e. The Morgan fingerprint density at radius 1 is 1.05 bits per heavy atom. The van der Waals surface area contributed by atoms with Gasteiger partial charge in [0.1, 0.15) is 12.4 Å². The summed E-state index contributed by atoms with van der Waals surface area (Å²) in [6.07, 6.45) is 1.72. The van der Waals surface area contributed by atoms with E-state index in [-0.39, 0.29) is 6.61 Å². The predicted octanol–water partition coefficient (Wildman–Crippen LogP) is 3.51. The van der Waals surface area contributed by atoms with Crippen LogP contribution in [-0.4, -0.2) is 15.0 Å². The van der Waals surface area contributed by atoms with Crippen molar-refractivity contribution in [1.29, 1.82) is 0 Å². The third-order valence-corrected chi connectivity index (χ3v) is 5.46. The molecule has 2 aromatic carbocycles. The average molecular weight is 300 g/mol. The standard InChI is InChI=1S/C17H16O3S/c1-12-5-3-7-14(9-12)20-11-15-10-16-13(2)6-4-8-17(16)21(15,18)19/h3-10H,11H2,1-2H3. The van der Waals surface area contributed by atoms with E-state index >= 15 is 0 Å². The molecule has 3 nitrogen and oxygen atoms in total. The highest BCUT2D eigenvalue weighted by molar-refractivity contribution is 7.95. The van der Waals surface area contributed by atoms with Gasteiger partial charge >= 0.3 is 0 Å². The number of fused-ring (bicyclic) bond motifs is 1. The van der Waals surface area contributed by atoms with Crippen LogP contribution in [0.1, 0.15) is 16.7 Å². The average Bonchev–Trinajstić information content (AvgIpc) is 2.70. The highest BCUT2D eigenvalue weighted by atomic mass is 32.2. The van der Waals surface area contributed by atoms with Crippen molar-refractivity contribution in [2.75, 3.05) is 6.61 Å². The Hall–Kier alpha value is -2.07. The number of sulfone groups is 1. The summed E-state index contributed by atoms with van der Waals surface area (Å²) < 4.78 is 30.6. The molecule has 3 rings (SSSR count). The van der Waals surface area contributed by atoms with Gasteiger partial charge in [-0.1, -0.05) is 24.3 Å². The van der Waals surface area contributed by atoms with Crippen LogP contribution < -0.4 is 4.74 Å². The lowest BCUT2D eigenvalue weighted by Gasteiger charge is -2.08. The molecule has 0 amide bonds. The molecular formula is C17H16O3S. The minimum atomic E-state index is -3.41. The van der Waals surface area contributed by atoms with Crippen LogP contribution in [0.4, 0.5) is 0 Å². The fraction of sp³-hybridized carbons (Fsp3) is 0.176. The van der Waals surface area contributed by atoms with E-state index in [1.807, 2.05) is 44.2 Å². The van der Waals surface area contributed by atoms with Gasteiger partial charge in [-0.25, -0.2) is 8.42 Å². The first kappa shape index (κ1) is 13.9. The van der Waals surface area contributed by atoms with Crippen molar-refractivity contribution in [2.45, 2.75) is 18.7 Å². The van der Waals surface area contributed by atoms with Crippen molar-refractivity contribution in [3.63, 3.8) is 0 Å². The summed E-state index contributed by atoms with van der Waals surface area (Å²) in [6, 6.07) is 12.9. The first-order valence-corrected chi connectivity index (χ1v) is 8.21. The van der Waals surface area contributed by atoms with E-state index < -0.39 is 9.84 Å². The molecule has 0 atom stereocenters. The minimum Gasteiger partial charge on any atom is -0.488 e. The van der Waals surface area contributed by atoms with Crippen molar-refractivity contribution in [3.8, 4) is 5.75 Å². The zero-order chi connectivity index (χ0) is 15.0. The van der Waals surface area contributed by atoms with Gasteiger partial charge < -0.3 is 4.74 Å². The third kappa shape index (κ3) is 2.47. The van der Waals surface area contributed by atoms with Crippen LogP contribution in [0.3, 0.4) is 0 Å². The van der Waals surface area contributed by atoms with Gasteiger partial charge in [0, 0.05) is 0 Å². The second-order valence-corrected chi connectivity index (χ2v) is 7.18. The van der Waals surface area contributed by atoms with Crippen LogP contribution in [0.2, 0.25) is 0 Å². The molecule has 0 N–H and O–H groups in total. The number of hydrogen-bond donors (Lipinski definition) is 0. The summed E-state index contributed by atoms with van der Waals surface area (Å²) >= 11 is 0. The molecule has 4 heteroatoms. The van der Waals surface area contributed by atoms with Gasteiger partial charge in [-0.3, -0.25) is 0 Å². The molecule has 0 spiro atoms. The Balaban J connectivity index is 1.88. The Kier molecular flexibility index (Phi) is 3.33. The maximum Gasteiger partial charge on any atom is 0.206 e. The minimum absolute atomic E-state index is 0.0555. The topological polar surface area (TPSA) is 43.4 Å². The van der Waals surface area contributed by atoms with Crippen molar-refractivity contribution < 1.29 is 13.2 Å². The summed E-state index contributed by atoms with van der Waals surface area (Å²) in [5, 5.41) is 0. The molecule has 0 radical (unpaired) electrons. The molecule has 0 saturated carbocycles. The Morgan fingerprint density at radius 2 is 1.81 bits per heavy atom. The zero-order valence-electron chi connectivity index (χ0n) is 12.0.